The summed E-state index contributed by atoms with van der Waals surface area (Å²) in [5, 5.41) is 9.66. The number of aryl methyl sites for hydroxylation is 1. The molecule has 1 aromatic carbocycles. The van der Waals surface area contributed by atoms with Crippen LogP contribution in [0.3, 0.4) is 0 Å². The molecule has 1 N–H and O–H groups in total. The topological polar surface area (TPSA) is 53.0 Å². The molecule has 0 unspecified atom stereocenters. The normalized spacial score (nSPS) is 26.6. The summed E-state index contributed by atoms with van der Waals surface area (Å²) >= 11 is 0. The van der Waals surface area contributed by atoms with Gasteiger partial charge in [0.05, 0.1) is 18.8 Å². The minimum Gasteiger partial charge on any atom is -0.393 e. The maximum Gasteiger partial charge on any atom is 0.253 e. The maximum absolute atomic E-state index is 12.7. The third kappa shape index (κ3) is 4.36. The van der Waals surface area contributed by atoms with E-state index in [4.69, 9.17) is 4.74 Å². The molecular weight excluding hydrogens is 340 g/mol. The van der Waals surface area contributed by atoms with Crippen molar-refractivity contribution in [1.29, 1.82) is 0 Å². The average molecular weight is 373 g/mol. The van der Waals surface area contributed by atoms with E-state index in [1.165, 1.54) is 5.56 Å². The zero-order valence-corrected chi connectivity index (χ0v) is 16.4. The Morgan fingerprint density at radius 3 is 2.48 bits per heavy atom. The molecule has 3 fully saturated rings. The molecule has 1 spiro atoms. The second-order valence-electron chi connectivity index (χ2n) is 8.83. The Bertz CT molecular complexity index is 644. The molecule has 1 aromatic rings. The van der Waals surface area contributed by atoms with Gasteiger partial charge in [-0.05, 0) is 56.6 Å². The third-order valence-electron chi connectivity index (χ3n) is 6.71. The predicted molar refractivity (Wildman–Crippen MR) is 105 cm³/mol. The van der Waals surface area contributed by atoms with E-state index in [-0.39, 0.29) is 17.4 Å². The zero-order chi connectivity index (χ0) is 18.9. The molecule has 0 saturated carbocycles. The molecule has 3 aliphatic rings. The lowest BCUT2D eigenvalue weighted by molar-refractivity contribution is 0.0302. The van der Waals surface area contributed by atoms with E-state index in [9.17, 15) is 9.90 Å². The molecule has 5 nitrogen and oxygen atoms in total. The Kier molecular flexibility index (Phi) is 5.53. The number of nitrogens with zero attached hydrogens (tertiary/aromatic N) is 2. The summed E-state index contributed by atoms with van der Waals surface area (Å²) in [5.41, 5.74) is 2.23. The first kappa shape index (κ1) is 18.9. The van der Waals surface area contributed by atoms with Crippen LogP contribution in [0.1, 0.15) is 48.0 Å². The van der Waals surface area contributed by atoms with Gasteiger partial charge in [0.25, 0.3) is 5.91 Å². The second-order valence-corrected chi connectivity index (χ2v) is 8.83. The molecule has 3 aliphatic heterocycles. The highest BCUT2D eigenvalue weighted by Gasteiger charge is 2.43. The predicted octanol–water partition coefficient (Wildman–Crippen LogP) is 2.46. The summed E-state index contributed by atoms with van der Waals surface area (Å²) in [5.74, 6) is 0.159. The van der Waals surface area contributed by atoms with Gasteiger partial charge in [-0.15, -0.1) is 0 Å². The van der Waals surface area contributed by atoms with Gasteiger partial charge in [-0.3, -0.25) is 4.79 Å². The highest BCUT2D eigenvalue weighted by atomic mass is 16.5. The maximum atomic E-state index is 12.7. The number of carbonyl (C=O) groups excluding carboxylic acids is 1. The zero-order valence-electron chi connectivity index (χ0n) is 16.4. The minimum absolute atomic E-state index is 0.118. The summed E-state index contributed by atoms with van der Waals surface area (Å²) in [6.45, 7) is 7.49. The van der Waals surface area contributed by atoms with E-state index >= 15 is 0 Å². The summed E-state index contributed by atoms with van der Waals surface area (Å²) in [4.78, 5) is 17.2. The van der Waals surface area contributed by atoms with Crippen LogP contribution in [0.2, 0.25) is 0 Å². The number of aliphatic hydroxyl groups is 1. The molecule has 1 amide bonds. The fourth-order valence-corrected chi connectivity index (χ4v) is 4.81. The Labute approximate surface area is 162 Å². The minimum atomic E-state index is -0.118. The van der Waals surface area contributed by atoms with Gasteiger partial charge in [-0.1, -0.05) is 17.7 Å². The van der Waals surface area contributed by atoms with Crippen LogP contribution >= 0.6 is 0 Å². The lowest BCUT2D eigenvalue weighted by Gasteiger charge is -2.38. The van der Waals surface area contributed by atoms with Gasteiger partial charge < -0.3 is 19.6 Å². The van der Waals surface area contributed by atoms with Gasteiger partial charge in [0.2, 0.25) is 0 Å². The number of aliphatic hydroxyl groups excluding tert-OH is 1. The first-order valence-electron chi connectivity index (χ1n) is 10.4. The highest BCUT2D eigenvalue weighted by Crippen LogP contribution is 2.42. The number of rotatable bonds is 3. The lowest BCUT2D eigenvalue weighted by atomic mass is 9.76. The van der Waals surface area contributed by atoms with Gasteiger partial charge in [0.1, 0.15) is 0 Å². The van der Waals surface area contributed by atoms with Crippen LogP contribution in [0.4, 0.5) is 0 Å². The molecule has 0 aromatic heterocycles. The van der Waals surface area contributed by atoms with E-state index < -0.39 is 0 Å². The SMILES string of the molecule is Cc1ccc(C(=O)N2CCC3(CC2)CO[C@@H](CN2CCC(O)CC2)C3)cc1. The summed E-state index contributed by atoms with van der Waals surface area (Å²) in [7, 11) is 0. The van der Waals surface area contributed by atoms with E-state index in [1.807, 2.05) is 36.1 Å². The van der Waals surface area contributed by atoms with Crippen molar-refractivity contribution in [3.05, 3.63) is 35.4 Å². The van der Waals surface area contributed by atoms with Crippen LogP contribution in [-0.2, 0) is 4.74 Å². The van der Waals surface area contributed by atoms with Gasteiger partial charge in [0.15, 0.2) is 0 Å². The Morgan fingerprint density at radius 1 is 1.15 bits per heavy atom. The molecule has 1 atom stereocenters. The Morgan fingerprint density at radius 2 is 1.81 bits per heavy atom. The van der Waals surface area contributed by atoms with Crippen molar-refractivity contribution in [2.24, 2.45) is 5.41 Å². The second kappa shape index (κ2) is 7.90. The Hall–Kier alpha value is -1.43. The van der Waals surface area contributed by atoms with E-state index in [0.29, 0.717) is 6.10 Å². The molecule has 5 heteroatoms. The van der Waals surface area contributed by atoms with Crippen LogP contribution in [-0.4, -0.2) is 72.4 Å². The number of benzene rings is 1. The monoisotopic (exact) mass is 372 g/mol. The largest absolute Gasteiger partial charge is 0.393 e. The smallest absolute Gasteiger partial charge is 0.253 e. The van der Waals surface area contributed by atoms with Crippen molar-refractivity contribution in [2.45, 2.75) is 51.2 Å². The van der Waals surface area contributed by atoms with Crippen LogP contribution < -0.4 is 0 Å². The number of hydrogen-bond donors (Lipinski definition) is 1. The molecule has 0 radical (unpaired) electrons. The van der Waals surface area contributed by atoms with Gasteiger partial charge in [-0.25, -0.2) is 0 Å². The molecule has 0 bridgehead atoms. The van der Waals surface area contributed by atoms with Crippen molar-refractivity contribution < 1.29 is 14.6 Å². The van der Waals surface area contributed by atoms with Crippen LogP contribution in [0.25, 0.3) is 0 Å². The van der Waals surface area contributed by atoms with Crippen molar-refractivity contribution >= 4 is 5.91 Å². The fourth-order valence-electron chi connectivity index (χ4n) is 4.81. The van der Waals surface area contributed by atoms with Crippen molar-refractivity contribution in [3.8, 4) is 0 Å². The standard InChI is InChI=1S/C22H32N2O3/c1-17-2-4-18(5-3-17)21(26)24-12-8-22(9-13-24)14-20(27-16-22)15-23-10-6-19(25)7-11-23/h2-5,19-20,25H,6-16H2,1H3/t20-/m1/s1. The number of piperidine rings is 2. The number of hydrogen-bond acceptors (Lipinski definition) is 4. The number of amides is 1. The summed E-state index contributed by atoms with van der Waals surface area (Å²) in [6, 6.07) is 7.89. The number of likely N-dealkylation sites (tertiary alicyclic amines) is 2. The van der Waals surface area contributed by atoms with E-state index in [0.717, 1.165) is 77.0 Å². The van der Waals surface area contributed by atoms with Crippen molar-refractivity contribution in [1.82, 2.24) is 9.80 Å². The quantitative estimate of drug-likeness (QED) is 0.886. The third-order valence-corrected chi connectivity index (χ3v) is 6.71. The molecule has 0 aliphatic carbocycles. The summed E-state index contributed by atoms with van der Waals surface area (Å²) in [6.07, 6.45) is 5.15. The number of carbonyl (C=O) groups is 1. The lowest BCUT2D eigenvalue weighted by Crippen LogP contribution is -2.44. The van der Waals surface area contributed by atoms with Crippen LogP contribution in [0.15, 0.2) is 24.3 Å². The molecule has 3 saturated heterocycles. The molecular formula is C22H32N2O3. The summed E-state index contributed by atoms with van der Waals surface area (Å²) < 4.78 is 6.16. The van der Waals surface area contributed by atoms with E-state index in [2.05, 4.69) is 4.90 Å². The first-order chi connectivity index (χ1) is 13.0. The highest BCUT2D eigenvalue weighted by molar-refractivity contribution is 5.94. The average Bonchev–Trinajstić information content (AvgIpc) is 3.06. The van der Waals surface area contributed by atoms with Gasteiger partial charge >= 0.3 is 0 Å². The van der Waals surface area contributed by atoms with E-state index in [1.54, 1.807) is 0 Å². The van der Waals surface area contributed by atoms with Gasteiger partial charge in [-0.2, -0.15) is 0 Å². The molecule has 4 rings (SSSR count). The van der Waals surface area contributed by atoms with Crippen molar-refractivity contribution in [3.63, 3.8) is 0 Å². The molecule has 27 heavy (non-hydrogen) atoms. The van der Waals surface area contributed by atoms with Gasteiger partial charge in [0, 0.05) is 38.3 Å². The number of ether oxygens (including phenoxy) is 1. The van der Waals surface area contributed by atoms with Crippen LogP contribution in [0.5, 0.6) is 0 Å². The Balaban J connectivity index is 1.27. The van der Waals surface area contributed by atoms with Crippen LogP contribution in [0, 0.1) is 12.3 Å². The fraction of sp³-hybridized carbons (Fsp3) is 0.682. The molecule has 3 heterocycles. The molecule has 148 valence electrons. The first-order valence-corrected chi connectivity index (χ1v) is 10.4. The van der Waals surface area contributed by atoms with Crippen molar-refractivity contribution in [2.75, 3.05) is 39.3 Å².